The molecule has 0 radical (unpaired) electrons. The fourth-order valence-corrected chi connectivity index (χ4v) is 6.09. The van der Waals surface area contributed by atoms with Crippen LogP contribution >= 0.6 is 0 Å². The van der Waals surface area contributed by atoms with Gasteiger partial charge in [-0.3, -0.25) is 9.79 Å². The number of ether oxygens (including phenoxy) is 1. The van der Waals surface area contributed by atoms with Crippen molar-refractivity contribution in [3.8, 4) is 0 Å². The third-order valence-electron chi connectivity index (χ3n) is 7.68. The maximum Gasteiger partial charge on any atom is 0.156 e. The van der Waals surface area contributed by atoms with Crippen LogP contribution in [0.2, 0.25) is 0 Å². The van der Waals surface area contributed by atoms with Gasteiger partial charge >= 0.3 is 0 Å². The summed E-state index contributed by atoms with van der Waals surface area (Å²) in [5.74, 6) is 0.138. The van der Waals surface area contributed by atoms with Crippen LogP contribution in [0.25, 0.3) is 17.3 Å². The number of allylic oxidation sites excluding steroid dienone is 4. The van der Waals surface area contributed by atoms with Crippen LogP contribution in [0.15, 0.2) is 33.2 Å². The molecule has 0 aromatic heterocycles. The van der Waals surface area contributed by atoms with Gasteiger partial charge in [-0.1, -0.05) is 6.08 Å². The fraction of sp³-hybridized carbons (Fsp3) is 0.385. The van der Waals surface area contributed by atoms with Gasteiger partial charge in [-0.25, -0.2) is 9.98 Å². The Balaban J connectivity index is 1.48. The third kappa shape index (κ3) is 2.61. The lowest BCUT2D eigenvalue weighted by Gasteiger charge is -2.40. The van der Waals surface area contributed by atoms with Gasteiger partial charge in [0.2, 0.25) is 0 Å². The van der Waals surface area contributed by atoms with Crippen molar-refractivity contribution < 1.29 is 19.7 Å². The van der Waals surface area contributed by atoms with Crippen LogP contribution in [0.1, 0.15) is 43.7 Å². The zero-order valence-electron chi connectivity index (χ0n) is 18.2. The molecule has 2 aliphatic carbocycles. The summed E-state index contributed by atoms with van der Waals surface area (Å²) < 4.78 is 6.20. The number of aliphatic imine (C=N–C) groups is 3. The largest absolute Gasteiger partial charge is 0.390 e. The molecule has 166 valence electrons. The predicted octanol–water partition coefficient (Wildman–Crippen LogP) is 1.40. The molecular weight excluding hydrogens is 418 g/mol. The van der Waals surface area contributed by atoms with E-state index in [0.29, 0.717) is 19.3 Å². The molecule has 7 rings (SSSR count). The van der Waals surface area contributed by atoms with Crippen molar-refractivity contribution >= 4 is 52.1 Å². The van der Waals surface area contributed by atoms with Gasteiger partial charge in [-0.15, -0.1) is 0 Å². The third-order valence-corrected chi connectivity index (χ3v) is 7.68. The van der Waals surface area contributed by atoms with Crippen LogP contribution in [0, 0.1) is 5.92 Å². The van der Waals surface area contributed by atoms with E-state index in [4.69, 9.17) is 14.7 Å². The average molecular weight is 441 g/mol. The number of ketones is 1. The second-order valence-electron chi connectivity index (χ2n) is 9.59. The topological polar surface area (TPSA) is 104 Å². The number of rotatable bonds is 1. The first-order valence-electron chi connectivity index (χ1n) is 11.6. The van der Waals surface area contributed by atoms with E-state index in [1.165, 1.54) is 0 Å². The van der Waals surface area contributed by atoms with Crippen molar-refractivity contribution in [2.75, 3.05) is 0 Å². The van der Waals surface area contributed by atoms with E-state index in [0.717, 1.165) is 61.9 Å². The van der Waals surface area contributed by atoms with Crippen LogP contribution in [-0.2, 0) is 9.53 Å². The maximum atomic E-state index is 12.2. The monoisotopic (exact) mass is 441 g/mol. The van der Waals surface area contributed by atoms with Crippen LogP contribution in [0.3, 0.4) is 0 Å². The number of aliphatic hydroxyl groups excluding tert-OH is 2. The van der Waals surface area contributed by atoms with Gasteiger partial charge in [0.15, 0.2) is 5.78 Å². The minimum Gasteiger partial charge on any atom is -0.390 e. The quantitative estimate of drug-likeness (QED) is 0.688. The number of benzene rings is 1. The summed E-state index contributed by atoms with van der Waals surface area (Å²) in [6.07, 6.45) is 9.55. The molecule has 5 unspecified atom stereocenters. The highest BCUT2D eigenvalue weighted by atomic mass is 16.5. The molecule has 4 aliphatic heterocycles. The summed E-state index contributed by atoms with van der Waals surface area (Å²) in [4.78, 5) is 26.6. The van der Waals surface area contributed by atoms with E-state index in [2.05, 4.69) is 17.1 Å². The molecule has 7 nitrogen and oxygen atoms in total. The Morgan fingerprint density at radius 2 is 2.03 bits per heavy atom. The van der Waals surface area contributed by atoms with Crippen molar-refractivity contribution in [3.05, 3.63) is 39.8 Å². The Labute approximate surface area is 189 Å². The molecule has 0 saturated carbocycles. The number of hydrogen-bond donors (Lipinski definition) is 2. The van der Waals surface area contributed by atoms with E-state index < -0.39 is 18.3 Å². The highest BCUT2D eigenvalue weighted by Crippen LogP contribution is 2.46. The Morgan fingerprint density at radius 3 is 2.88 bits per heavy atom. The molecule has 1 aromatic carbocycles. The zero-order chi connectivity index (χ0) is 22.4. The predicted molar refractivity (Wildman–Crippen MR) is 126 cm³/mol. The number of fused-ring (bicyclic) bond motifs is 9. The van der Waals surface area contributed by atoms with Crippen molar-refractivity contribution in [3.63, 3.8) is 0 Å². The highest BCUT2D eigenvalue weighted by molar-refractivity contribution is 6.37. The van der Waals surface area contributed by atoms with Crippen molar-refractivity contribution in [2.45, 2.75) is 57.0 Å². The van der Waals surface area contributed by atoms with Gasteiger partial charge in [0.25, 0.3) is 0 Å². The minimum atomic E-state index is -0.876. The summed E-state index contributed by atoms with van der Waals surface area (Å²) >= 11 is 0. The van der Waals surface area contributed by atoms with Crippen molar-refractivity contribution in [1.82, 2.24) is 0 Å². The summed E-state index contributed by atoms with van der Waals surface area (Å²) in [6.45, 7) is 1.81. The first-order chi connectivity index (χ1) is 16.0. The smallest absolute Gasteiger partial charge is 0.156 e. The molecular formula is C26H23N3O4. The van der Waals surface area contributed by atoms with Crippen molar-refractivity contribution in [2.24, 2.45) is 20.9 Å². The van der Waals surface area contributed by atoms with Gasteiger partial charge in [-0.2, -0.15) is 0 Å². The Kier molecular flexibility index (Phi) is 3.99. The molecule has 0 bridgehead atoms. The van der Waals surface area contributed by atoms with Crippen LogP contribution in [0.4, 0.5) is 11.4 Å². The zero-order valence-corrected chi connectivity index (χ0v) is 18.2. The molecule has 33 heavy (non-hydrogen) atoms. The van der Waals surface area contributed by atoms with E-state index in [1.54, 1.807) is 13.0 Å². The van der Waals surface area contributed by atoms with E-state index in [-0.39, 0.29) is 17.8 Å². The second-order valence-corrected chi connectivity index (χ2v) is 9.59. The SMILES string of the molecule is CC1OC(C2CC=CC3=Nc4c5c(c6c(c4=C32)=CN=C6)C2=CC(=O)CCC2=N5)CC(O)C1O. The van der Waals surface area contributed by atoms with Crippen LogP contribution in [0.5, 0.6) is 0 Å². The van der Waals surface area contributed by atoms with Crippen molar-refractivity contribution in [1.29, 1.82) is 0 Å². The summed E-state index contributed by atoms with van der Waals surface area (Å²) in [5, 5.41) is 22.7. The number of aliphatic hydroxyl groups is 2. The number of carbonyl (C=O) groups is 1. The lowest BCUT2D eigenvalue weighted by Crippen LogP contribution is -2.50. The standard InChI is InChI=1S/C26H23N3O4/c1-11-26(32)19(31)8-20(33-11)13-3-2-4-18-22(13)23-16-10-27-9-15(16)21-14-7-12(30)5-6-17(14)28-24(21)25(23)29-18/h2,4,7,9-11,13,19-20,26,31-32H,3,5-6,8H2,1H3. The van der Waals surface area contributed by atoms with Gasteiger partial charge < -0.3 is 14.9 Å². The molecule has 4 heterocycles. The summed E-state index contributed by atoms with van der Waals surface area (Å²) in [7, 11) is 0. The molecule has 1 saturated heterocycles. The maximum absolute atomic E-state index is 12.2. The number of hydrogen-bond acceptors (Lipinski definition) is 7. The Bertz CT molecular complexity index is 1420. The van der Waals surface area contributed by atoms with Gasteiger partial charge in [0, 0.05) is 64.0 Å². The van der Waals surface area contributed by atoms with Gasteiger partial charge in [-0.05, 0) is 37.5 Å². The molecule has 0 spiro atoms. The molecule has 2 N–H and O–H groups in total. The van der Waals surface area contributed by atoms with E-state index in [9.17, 15) is 15.0 Å². The molecule has 0 amide bonds. The van der Waals surface area contributed by atoms with E-state index in [1.807, 2.05) is 12.4 Å². The lowest BCUT2D eigenvalue weighted by molar-refractivity contribution is -0.169. The Hall–Kier alpha value is -3.00. The molecule has 7 heteroatoms. The number of nitrogens with zero attached hydrogens (tertiary/aromatic N) is 3. The summed E-state index contributed by atoms with van der Waals surface area (Å²) in [5.41, 5.74) is 7.50. The normalized spacial score (nSPS) is 32.9. The van der Waals surface area contributed by atoms with Crippen LogP contribution < -0.4 is 10.4 Å². The Morgan fingerprint density at radius 1 is 1.15 bits per heavy atom. The first-order valence-corrected chi connectivity index (χ1v) is 11.6. The average Bonchev–Trinajstić information content (AvgIpc) is 3.50. The highest BCUT2D eigenvalue weighted by Gasteiger charge is 2.42. The van der Waals surface area contributed by atoms with Gasteiger partial charge in [0.1, 0.15) is 6.10 Å². The fourth-order valence-electron chi connectivity index (χ4n) is 6.09. The molecule has 1 aromatic rings. The molecule has 5 atom stereocenters. The second kappa shape index (κ2) is 6.76. The van der Waals surface area contributed by atoms with Gasteiger partial charge in [0.05, 0.1) is 35.4 Å². The van der Waals surface area contributed by atoms with E-state index >= 15 is 0 Å². The molecule has 1 fully saturated rings. The lowest BCUT2D eigenvalue weighted by atomic mass is 9.78. The first kappa shape index (κ1) is 19.5. The molecule has 6 aliphatic rings. The minimum absolute atomic E-state index is 0.00729. The van der Waals surface area contributed by atoms with Crippen LogP contribution in [-0.4, -0.2) is 58.1 Å². The number of carbonyl (C=O) groups excluding carboxylic acids is 1. The summed E-state index contributed by atoms with van der Waals surface area (Å²) in [6, 6.07) is 0.